The molecule has 1 N–H and O–H groups in total. The highest BCUT2D eigenvalue weighted by molar-refractivity contribution is 5.58. The summed E-state index contributed by atoms with van der Waals surface area (Å²) in [5.41, 5.74) is 1.19. The van der Waals surface area contributed by atoms with Crippen LogP contribution in [0.15, 0.2) is 0 Å². The van der Waals surface area contributed by atoms with Crippen molar-refractivity contribution in [1.82, 2.24) is 9.97 Å². The average Bonchev–Trinajstić information content (AvgIpc) is 2.68. The monoisotopic (exact) mass is 276 g/mol. The van der Waals surface area contributed by atoms with E-state index in [2.05, 4.69) is 36.0 Å². The normalized spacial score (nSPS) is 19.8. The van der Waals surface area contributed by atoms with Gasteiger partial charge in [-0.2, -0.15) is 0 Å². The van der Waals surface area contributed by atoms with Gasteiger partial charge in [-0.15, -0.1) is 0 Å². The van der Waals surface area contributed by atoms with Crippen molar-refractivity contribution in [2.75, 3.05) is 29.9 Å². The number of hydrogen-bond acceptors (Lipinski definition) is 4. The molecule has 112 valence electrons. The van der Waals surface area contributed by atoms with Crippen LogP contribution in [0.5, 0.6) is 0 Å². The largest absolute Gasteiger partial charge is 0.370 e. The van der Waals surface area contributed by atoms with Crippen molar-refractivity contribution < 1.29 is 0 Å². The fourth-order valence-corrected chi connectivity index (χ4v) is 3.05. The Morgan fingerprint density at radius 1 is 1.15 bits per heavy atom. The summed E-state index contributed by atoms with van der Waals surface area (Å²) in [6.45, 7) is 11.7. The van der Waals surface area contributed by atoms with E-state index in [1.54, 1.807) is 0 Å². The van der Waals surface area contributed by atoms with Crippen LogP contribution in [0.4, 0.5) is 11.6 Å². The Balaban J connectivity index is 2.23. The number of rotatable bonds is 4. The molecule has 4 nitrogen and oxygen atoms in total. The zero-order chi connectivity index (χ0) is 14.5. The van der Waals surface area contributed by atoms with Crippen LogP contribution in [-0.4, -0.2) is 29.6 Å². The van der Waals surface area contributed by atoms with Gasteiger partial charge in [-0.05, 0) is 46.0 Å². The molecule has 2 heterocycles. The smallest absolute Gasteiger partial charge is 0.137 e. The quantitative estimate of drug-likeness (QED) is 0.913. The zero-order valence-electron chi connectivity index (χ0n) is 13.4. The molecular formula is C16H28N4. The Kier molecular flexibility index (Phi) is 5.21. The van der Waals surface area contributed by atoms with Crippen molar-refractivity contribution in [2.45, 2.75) is 53.4 Å². The van der Waals surface area contributed by atoms with Crippen molar-refractivity contribution in [3.05, 3.63) is 11.4 Å². The van der Waals surface area contributed by atoms with Gasteiger partial charge in [-0.25, -0.2) is 9.97 Å². The fourth-order valence-electron chi connectivity index (χ4n) is 3.05. The lowest BCUT2D eigenvalue weighted by Crippen LogP contribution is -2.27. The summed E-state index contributed by atoms with van der Waals surface area (Å²) in [6, 6.07) is 0. The molecule has 1 aliphatic rings. The van der Waals surface area contributed by atoms with Crippen molar-refractivity contribution in [3.63, 3.8) is 0 Å². The first kappa shape index (κ1) is 15.1. The van der Waals surface area contributed by atoms with Crippen molar-refractivity contribution in [1.29, 1.82) is 0 Å². The third kappa shape index (κ3) is 3.41. The van der Waals surface area contributed by atoms with Crippen LogP contribution in [0.3, 0.4) is 0 Å². The van der Waals surface area contributed by atoms with E-state index in [4.69, 9.17) is 4.98 Å². The summed E-state index contributed by atoms with van der Waals surface area (Å²) in [7, 11) is 0. The van der Waals surface area contributed by atoms with Gasteiger partial charge < -0.3 is 10.2 Å². The Hall–Kier alpha value is -1.32. The molecule has 1 aromatic rings. The third-order valence-corrected chi connectivity index (χ3v) is 4.30. The summed E-state index contributed by atoms with van der Waals surface area (Å²) in [5, 5.41) is 3.35. The molecule has 0 radical (unpaired) electrons. The summed E-state index contributed by atoms with van der Waals surface area (Å²) < 4.78 is 0. The molecule has 2 rings (SSSR count). The van der Waals surface area contributed by atoms with E-state index in [0.29, 0.717) is 0 Å². The second-order valence-corrected chi connectivity index (χ2v) is 5.79. The predicted molar refractivity (Wildman–Crippen MR) is 85.5 cm³/mol. The van der Waals surface area contributed by atoms with E-state index in [1.165, 1.54) is 31.2 Å². The van der Waals surface area contributed by atoms with Crippen LogP contribution < -0.4 is 10.2 Å². The lowest BCUT2D eigenvalue weighted by molar-refractivity contribution is 0.459. The molecule has 1 aliphatic heterocycles. The van der Waals surface area contributed by atoms with E-state index < -0.39 is 0 Å². The number of hydrogen-bond donors (Lipinski definition) is 1. The fraction of sp³-hybridized carbons (Fsp3) is 0.750. The van der Waals surface area contributed by atoms with E-state index >= 15 is 0 Å². The lowest BCUT2D eigenvalue weighted by atomic mass is 9.98. The first-order chi connectivity index (χ1) is 9.65. The summed E-state index contributed by atoms with van der Waals surface area (Å²) in [4.78, 5) is 11.7. The van der Waals surface area contributed by atoms with Gasteiger partial charge in [-0.1, -0.05) is 13.3 Å². The van der Waals surface area contributed by atoms with Gasteiger partial charge in [-0.3, -0.25) is 0 Å². The second kappa shape index (κ2) is 6.91. The molecule has 0 aliphatic carbocycles. The maximum Gasteiger partial charge on any atom is 0.137 e. The van der Waals surface area contributed by atoms with Gasteiger partial charge in [0.05, 0.1) is 0 Å². The zero-order valence-corrected chi connectivity index (χ0v) is 13.4. The molecule has 4 heteroatoms. The Labute approximate surface area is 123 Å². The Morgan fingerprint density at radius 2 is 1.95 bits per heavy atom. The van der Waals surface area contributed by atoms with Crippen LogP contribution in [0.1, 0.15) is 50.9 Å². The third-order valence-electron chi connectivity index (χ3n) is 4.30. The molecule has 1 saturated heterocycles. The minimum Gasteiger partial charge on any atom is -0.370 e. The maximum absolute atomic E-state index is 4.71. The topological polar surface area (TPSA) is 41.1 Å². The van der Waals surface area contributed by atoms with Gasteiger partial charge in [0.1, 0.15) is 17.5 Å². The van der Waals surface area contributed by atoms with Crippen LogP contribution in [0.2, 0.25) is 0 Å². The summed E-state index contributed by atoms with van der Waals surface area (Å²) in [6.07, 6.45) is 5.22. The highest BCUT2D eigenvalue weighted by atomic mass is 15.2. The van der Waals surface area contributed by atoms with Crippen LogP contribution in [-0.2, 0) is 0 Å². The lowest BCUT2D eigenvalue weighted by Gasteiger charge is -2.25. The van der Waals surface area contributed by atoms with Gasteiger partial charge in [0.25, 0.3) is 0 Å². The number of nitrogens with zero attached hydrogens (tertiary/aromatic N) is 3. The van der Waals surface area contributed by atoms with Gasteiger partial charge in [0.2, 0.25) is 0 Å². The molecule has 1 atom stereocenters. The Bertz CT molecular complexity index is 444. The first-order valence-electron chi connectivity index (χ1n) is 7.99. The molecule has 0 aromatic carbocycles. The van der Waals surface area contributed by atoms with E-state index in [9.17, 15) is 0 Å². The van der Waals surface area contributed by atoms with Gasteiger partial charge >= 0.3 is 0 Å². The van der Waals surface area contributed by atoms with Crippen molar-refractivity contribution in [2.24, 2.45) is 5.92 Å². The highest BCUT2D eigenvalue weighted by Gasteiger charge is 2.20. The predicted octanol–water partition coefficient (Wildman–Crippen LogP) is 3.54. The molecule has 1 unspecified atom stereocenters. The number of aromatic nitrogens is 2. The molecule has 0 amide bonds. The first-order valence-corrected chi connectivity index (χ1v) is 7.99. The van der Waals surface area contributed by atoms with Crippen LogP contribution >= 0.6 is 0 Å². The van der Waals surface area contributed by atoms with E-state index in [1.807, 2.05) is 6.92 Å². The number of nitrogens with one attached hydrogen (secondary N) is 1. The van der Waals surface area contributed by atoms with Gasteiger partial charge in [0.15, 0.2) is 0 Å². The molecule has 20 heavy (non-hydrogen) atoms. The van der Waals surface area contributed by atoms with E-state index in [-0.39, 0.29) is 0 Å². The van der Waals surface area contributed by atoms with Crippen LogP contribution in [0, 0.1) is 19.8 Å². The highest BCUT2D eigenvalue weighted by Crippen LogP contribution is 2.28. The number of anilines is 2. The summed E-state index contributed by atoms with van der Waals surface area (Å²) >= 11 is 0. The molecule has 0 spiro atoms. The second-order valence-electron chi connectivity index (χ2n) is 5.79. The standard InChI is InChI=1S/C16H28N4/c1-5-14-8-7-10-20(11-9-14)16-12(3)15(17-6-2)18-13(4)19-16/h14H,5-11H2,1-4H3,(H,17,18,19). The minimum absolute atomic E-state index is 0.859. The Morgan fingerprint density at radius 3 is 2.65 bits per heavy atom. The van der Waals surface area contributed by atoms with Gasteiger partial charge in [0, 0.05) is 25.2 Å². The van der Waals surface area contributed by atoms with Crippen LogP contribution in [0.25, 0.3) is 0 Å². The minimum atomic E-state index is 0.859. The molecule has 1 fully saturated rings. The maximum atomic E-state index is 4.71. The van der Waals surface area contributed by atoms with E-state index in [0.717, 1.165) is 43.0 Å². The average molecular weight is 276 g/mol. The van der Waals surface area contributed by atoms with Crippen molar-refractivity contribution >= 4 is 11.6 Å². The SMILES string of the molecule is CCNc1nc(C)nc(N2CCCC(CC)CC2)c1C. The molecule has 0 bridgehead atoms. The molecule has 1 aromatic heterocycles. The molecular weight excluding hydrogens is 248 g/mol. The summed E-state index contributed by atoms with van der Waals surface area (Å²) in [5.74, 6) is 3.87. The number of aryl methyl sites for hydroxylation is 1. The molecule has 0 saturated carbocycles. The van der Waals surface area contributed by atoms with Crippen molar-refractivity contribution in [3.8, 4) is 0 Å².